The minimum atomic E-state index is -0.597. The van der Waals surface area contributed by atoms with Gasteiger partial charge in [-0.2, -0.15) is 0 Å². The Morgan fingerprint density at radius 1 is 1.15 bits per heavy atom. The van der Waals surface area contributed by atoms with Gasteiger partial charge in [-0.3, -0.25) is 14.4 Å². The number of carbonyl (C=O) groups is 3. The number of esters is 1. The van der Waals surface area contributed by atoms with Crippen LogP contribution in [0.15, 0.2) is 53.1 Å². The highest BCUT2D eigenvalue weighted by molar-refractivity contribution is 6.04. The summed E-state index contributed by atoms with van der Waals surface area (Å²) in [7, 11) is 0. The number of furan rings is 1. The van der Waals surface area contributed by atoms with Gasteiger partial charge in [0.15, 0.2) is 12.4 Å². The van der Waals surface area contributed by atoms with Crippen molar-refractivity contribution in [2.75, 3.05) is 11.9 Å². The van der Waals surface area contributed by atoms with Gasteiger partial charge >= 0.3 is 5.97 Å². The molecule has 0 aliphatic rings. The Kier molecular flexibility index (Phi) is 5.21. The highest BCUT2D eigenvalue weighted by Crippen LogP contribution is 2.25. The van der Waals surface area contributed by atoms with Crippen LogP contribution in [0, 0.1) is 0 Å². The van der Waals surface area contributed by atoms with E-state index in [2.05, 4.69) is 5.32 Å². The predicted octanol–water partition coefficient (Wildman–Crippen LogP) is 3.07. The number of carbonyl (C=O) groups excluding carboxylic acids is 3. The Hall–Kier alpha value is -3.61. The summed E-state index contributed by atoms with van der Waals surface area (Å²) in [6, 6.07) is 11.2. The van der Waals surface area contributed by atoms with Crippen LogP contribution in [0.2, 0.25) is 0 Å². The molecule has 1 amide bonds. The zero-order chi connectivity index (χ0) is 19.4. The molecule has 2 N–H and O–H groups in total. The first-order valence-corrected chi connectivity index (χ1v) is 8.18. The SMILES string of the molecule is CC(=O)c1ccccc1NC(=O)COC(=O)Cc1coc2cc(O)ccc12. The molecular weight excluding hydrogens is 350 g/mol. The van der Waals surface area contributed by atoms with E-state index in [0.29, 0.717) is 27.8 Å². The number of phenolic OH excluding ortho intramolecular Hbond substituents is 1. The molecule has 0 unspecified atom stereocenters. The lowest BCUT2D eigenvalue weighted by Crippen LogP contribution is -2.22. The van der Waals surface area contributed by atoms with Crippen molar-refractivity contribution in [2.45, 2.75) is 13.3 Å². The third kappa shape index (κ3) is 4.33. The monoisotopic (exact) mass is 367 g/mol. The van der Waals surface area contributed by atoms with Gasteiger partial charge < -0.3 is 19.6 Å². The second-order valence-electron chi connectivity index (χ2n) is 5.93. The van der Waals surface area contributed by atoms with Gasteiger partial charge in [-0.1, -0.05) is 12.1 Å². The lowest BCUT2D eigenvalue weighted by atomic mass is 10.1. The van der Waals surface area contributed by atoms with E-state index in [-0.39, 0.29) is 18.0 Å². The molecule has 0 atom stereocenters. The summed E-state index contributed by atoms with van der Waals surface area (Å²) >= 11 is 0. The van der Waals surface area contributed by atoms with Crippen molar-refractivity contribution in [1.82, 2.24) is 0 Å². The number of amides is 1. The molecule has 1 heterocycles. The maximum Gasteiger partial charge on any atom is 0.310 e. The standard InChI is InChI=1S/C20H17NO6/c1-12(22)15-4-2-3-5-17(15)21-19(24)11-27-20(25)8-13-10-26-18-9-14(23)6-7-16(13)18/h2-7,9-10,23H,8,11H2,1H3,(H,21,24). The van der Waals surface area contributed by atoms with E-state index in [1.165, 1.54) is 25.3 Å². The molecule has 0 fully saturated rings. The maximum absolute atomic E-state index is 12.0. The van der Waals surface area contributed by atoms with Crippen molar-refractivity contribution >= 4 is 34.3 Å². The lowest BCUT2D eigenvalue weighted by Gasteiger charge is -2.09. The Balaban J connectivity index is 1.57. The average Bonchev–Trinajstić information content (AvgIpc) is 3.02. The third-order valence-electron chi connectivity index (χ3n) is 3.92. The second-order valence-corrected chi connectivity index (χ2v) is 5.93. The molecule has 1 aromatic heterocycles. The molecule has 2 aromatic carbocycles. The van der Waals surface area contributed by atoms with E-state index in [9.17, 15) is 19.5 Å². The Labute approximate surface area is 154 Å². The minimum absolute atomic E-state index is 0.0634. The molecule has 0 aliphatic carbocycles. The number of benzene rings is 2. The minimum Gasteiger partial charge on any atom is -0.508 e. The van der Waals surface area contributed by atoms with Crippen molar-refractivity contribution in [3.63, 3.8) is 0 Å². The highest BCUT2D eigenvalue weighted by atomic mass is 16.5. The fourth-order valence-electron chi connectivity index (χ4n) is 2.65. The van der Waals surface area contributed by atoms with Gasteiger partial charge in [0, 0.05) is 22.6 Å². The van der Waals surface area contributed by atoms with Gasteiger partial charge in [-0.05, 0) is 31.2 Å². The van der Waals surface area contributed by atoms with E-state index in [4.69, 9.17) is 9.15 Å². The van der Waals surface area contributed by atoms with Crippen LogP contribution in [-0.4, -0.2) is 29.4 Å². The summed E-state index contributed by atoms with van der Waals surface area (Å²) in [6.45, 7) is 0.932. The van der Waals surface area contributed by atoms with Crippen molar-refractivity contribution in [1.29, 1.82) is 0 Å². The predicted molar refractivity (Wildman–Crippen MR) is 97.6 cm³/mol. The van der Waals surface area contributed by atoms with E-state index >= 15 is 0 Å². The second kappa shape index (κ2) is 7.74. The van der Waals surface area contributed by atoms with E-state index < -0.39 is 18.5 Å². The highest BCUT2D eigenvalue weighted by Gasteiger charge is 2.14. The zero-order valence-corrected chi connectivity index (χ0v) is 14.5. The summed E-state index contributed by atoms with van der Waals surface area (Å²) in [5.41, 5.74) is 1.80. The number of para-hydroxylation sites is 1. The molecule has 0 saturated carbocycles. The van der Waals surface area contributed by atoms with Crippen molar-refractivity contribution < 1.29 is 28.6 Å². The molecule has 3 aromatic rings. The molecule has 7 nitrogen and oxygen atoms in total. The summed E-state index contributed by atoms with van der Waals surface area (Å²) < 4.78 is 10.3. The normalized spacial score (nSPS) is 10.6. The van der Waals surface area contributed by atoms with Crippen LogP contribution >= 0.6 is 0 Å². The number of ether oxygens (including phenoxy) is 1. The molecular formula is C20H17NO6. The topological polar surface area (TPSA) is 106 Å². The molecule has 138 valence electrons. The fraction of sp³-hybridized carbons (Fsp3) is 0.150. The van der Waals surface area contributed by atoms with E-state index in [1.807, 2.05) is 0 Å². The third-order valence-corrected chi connectivity index (χ3v) is 3.92. The summed E-state index contributed by atoms with van der Waals surface area (Å²) in [5, 5.41) is 12.7. The molecule has 0 saturated heterocycles. The number of aromatic hydroxyl groups is 1. The van der Waals surface area contributed by atoms with Crippen LogP contribution in [0.3, 0.4) is 0 Å². The van der Waals surface area contributed by atoms with Gasteiger partial charge in [-0.15, -0.1) is 0 Å². The quantitative estimate of drug-likeness (QED) is 0.512. The lowest BCUT2D eigenvalue weighted by molar-refractivity contribution is -0.146. The number of anilines is 1. The van der Waals surface area contributed by atoms with Crippen LogP contribution in [0.25, 0.3) is 11.0 Å². The van der Waals surface area contributed by atoms with Crippen molar-refractivity contribution in [3.05, 3.63) is 59.9 Å². The molecule has 0 aliphatic heterocycles. The van der Waals surface area contributed by atoms with Gasteiger partial charge in [-0.25, -0.2) is 0 Å². The molecule has 7 heteroatoms. The number of phenols is 1. The number of hydrogen-bond acceptors (Lipinski definition) is 6. The Bertz CT molecular complexity index is 1020. The summed E-state index contributed by atoms with van der Waals surface area (Å²) in [5.74, 6) is -1.26. The number of ketones is 1. The zero-order valence-electron chi connectivity index (χ0n) is 14.5. The Morgan fingerprint density at radius 3 is 2.70 bits per heavy atom. The van der Waals surface area contributed by atoms with Crippen LogP contribution < -0.4 is 5.32 Å². The van der Waals surface area contributed by atoms with Gasteiger partial charge in [0.2, 0.25) is 0 Å². The van der Waals surface area contributed by atoms with Crippen LogP contribution in [0.1, 0.15) is 22.8 Å². The number of fused-ring (bicyclic) bond motifs is 1. The fourth-order valence-corrected chi connectivity index (χ4v) is 2.65. The smallest absolute Gasteiger partial charge is 0.310 e. The van der Waals surface area contributed by atoms with Crippen LogP contribution in [0.4, 0.5) is 5.69 Å². The van der Waals surface area contributed by atoms with Crippen LogP contribution in [-0.2, 0) is 20.7 Å². The van der Waals surface area contributed by atoms with E-state index in [1.54, 1.807) is 30.3 Å². The van der Waals surface area contributed by atoms with Crippen LogP contribution in [0.5, 0.6) is 5.75 Å². The first-order valence-electron chi connectivity index (χ1n) is 8.18. The first kappa shape index (κ1) is 18.2. The largest absolute Gasteiger partial charge is 0.508 e. The van der Waals surface area contributed by atoms with Gasteiger partial charge in [0.25, 0.3) is 5.91 Å². The molecule has 27 heavy (non-hydrogen) atoms. The van der Waals surface area contributed by atoms with Crippen molar-refractivity contribution in [3.8, 4) is 5.75 Å². The number of nitrogens with one attached hydrogen (secondary N) is 1. The summed E-state index contributed by atoms with van der Waals surface area (Å²) in [6.07, 6.45) is 1.34. The maximum atomic E-state index is 12.0. The number of hydrogen-bond donors (Lipinski definition) is 2. The molecule has 0 radical (unpaired) electrons. The molecule has 0 bridgehead atoms. The molecule has 0 spiro atoms. The number of Topliss-reactive ketones (excluding diaryl/α,β-unsaturated/α-hetero) is 1. The van der Waals surface area contributed by atoms with Gasteiger partial charge in [0.1, 0.15) is 11.3 Å². The molecule has 3 rings (SSSR count). The Morgan fingerprint density at radius 2 is 1.93 bits per heavy atom. The first-order chi connectivity index (χ1) is 12.9. The summed E-state index contributed by atoms with van der Waals surface area (Å²) in [4.78, 5) is 35.6. The van der Waals surface area contributed by atoms with Crippen molar-refractivity contribution in [2.24, 2.45) is 0 Å². The van der Waals surface area contributed by atoms with Gasteiger partial charge in [0.05, 0.1) is 18.4 Å². The number of rotatable bonds is 6. The van der Waals surface area contributed by atoms with E-state index in [0.717, 1.165) is 0 Å². The average molecular weight is 367 g/mol.